The number of hydrogen-bond acceptors (Lipinski definition) is 3. The average Bonchev–Trinajstić information content (AvgIpc) is 3.19. The molecule has 0 fully saturated rings. The van der Waals surface area contributed by atoms with Crippen LogP contribution in [0.15, 0.2) is 53.9 Å². The Balaban J connectivity index is 1.76. The van der Waals surface area contributed by atoms with Gasteiger partial charge in [-0.3, -0.25) is 4.79 Å². The van der Waals surface area contributed by atoms with Crippen LogP contribution in [0.3, 0.4) is 0 Å². The highest BCUT2D eigenvalue weighted by atomic mass is 35.5. The molecule has 0 spiro atoms. The second kappa shape index (κ2) is 9.85. The number of anilines is 1. The number of rotatable bonds is 8. The maximum Gasteiger partial charge on any atom is 0.227 e. The second-order valence-corrected chi connectivity index (χ2v) is 8.18. The van der Waals surface area contributed by atoms with Crippen LogP contribution in [0.5, 0.6) is 0 Å². The zero-order valence-corrected chi connectivity index (χ0v) is 17.8. The number of amides is 1. The van der Waals surface area contributed by atoms with Gasteiger partial charge in [0.15, 0.2) is 0 Å². The molecule has 0 radical (unpaired) electrons. The van der Waals surface area contributed by atoms with Gasteiger partial charge in [0.05, 0.1) is 5.69 Å². The minimum absolute atomic E-state index is 0.0782. The minimum Gasteiger partial charge on any atom is -0.326 e. The number of benzene rings is 2. The number of carbonyl (C=O) groups excluding carboxylic acids is 1. The molecule has 0 aliphatic heterocycles. The van der Waals surface area contributed by atoms with Gasteiger partial charge in [-0.25, -0.2) is 4.98 Å². The lowest BCUT2D eigenvalue weighted by atomic mass is 9.97. The molecular formula is C23H25ClN2OS. The van der Waals surface area contributed by atoms with Gasteiger partial charge in [0.2, 0.25) is 5.91 Å². The molecule has 3 rings (SSSR count). The Hall–Kier alpha value is -2.17. The summed E-state index contributed by atoms with van der Waals surface area (Å²) in [5.74, 6) is 0.190. The number of aromatic nitrogens is 1. The van der Waals surface area contributed by atoms with Crippen LogP contribution in [0.2, 0.25) is 5.02 Å². The van der Waals surface area contributed by atoms with Gasteiger partial charge >= 0.3 is 0 Å². The molecule has 28 heavy (non-hydrogen) atoms. The van der Waals surface area contributed by atoms with Crippen LogP contribution in [-0.4, -0.2) is 10.9 Å². The van der Waals surface area contributed by atoms with Gasteiger partial charge in [0, 0.05) is 33.1 Å². The first-order valence-electron chi connectivity index (χ1n) is 9.73. The third-order valence-corrected chi connectivity index (χ3v) is 5.81. The van der Waals surface area contributed by atoms with Gasteiger partial charge in [-0.1, -0.05) is 62.6 Å². The Labute approximate surface area is 175 Å². The molecule has 1 heterocycles. The van der Waals surface area contributed by atoms with Gasteiger partial charge in [-0.2, -0.15) is 0 Å². The van der Waals surface area contributed by atoms with Gasteiger partial charge in [-0.15, -0.1) is 11.3 Å². The van der Waals surface area contributed by atoms with E-state index in [0.29, 0.717) is 5.02 Å². The summed E-state index contributed by atoms with van der Waals surface area (Å²) >= 11 is 7.57. The quantitative estimate of drug-likeness (QED) is 0.422. The third kappa shape index (κ3) is 5.21. The summed E-state index contributed by atoms with van der Waals surface area (Å²) in [5.41, 5.74) is 3.77. The number of nitrogens with zero attached hydrogens (tertiary/aromatic N) is 1. The predicted octanol–water partition coefficient (Wildman–Crippen LogP) is 7.29. The van der Waals surface area contributed by atoms with Crippen LogP contribution in [0, 0.1) is 5.92 Å². The molecule has 1 N–H and O–H groups in total. The van der Waals surface area contributed by atoms with E-state index in [0.717, 1.165) is 53.2 Å². The molecule has 3 aromatic rings. The molecule has 3 nitrogen and oxygen atoms in total. The van der Waals surface area contributed by atoms with Crippen LogP contribution >= 0.6 is 22.9 Å². The predicted molar refractivity (Wildman–Crippen MR) is 120 cm³/mol. The number of thiazole rings is 1. The molecule has 0 aliphatic rings. The van der Waals surface area contributed by atoms with Crippen molar-refractivity contribution in [2.24, 2.45) is 5.92 Å². The van der Waals surface area contributed by atoms with Crippen LogP contribution in [-0.2, 0) is 4.79 Å². The second-order valence-electron chi connectivity index (χ2n) is 6.89. The summed E-state index contributed by atoms with van der Waals surface area (Å²) in [5, 5.41) is 6.80. The first-order chi connectivity index (χ1) is 13.6. The fourth-order valence-corrected chi connectivity index (χ4v) is 4.20. The van der Waals surface area contributed by atoms with Gasteiger partial charge in [-0.05, 0) is 37.1 Å². The van der Waals surface area contributed by atoms with Gasteiger partial charge in [0.1, 0.15) is 5.01 Å². The van der Waals surface area contributed by atoms with Gasteiger partial charge in [0.25, 0.3) is 0 Å². The third-order valence-electron chi connectivity index (χ3n) is 4.67. The van der Waals surface area contributed by atoms with Crippen molar-refractivity contribution in [3.05, 3.63) is 58.9 Å². The van der Waals surface area contributed by atoms with Crippen molar-refractivity contribution in [1.29, 1.82) is 0 Å². The highest BCUT2D eigenvalue weighted by Crippen LogP contribution is 2.30. The van der Waals surface area contributed by atoms with Crippen LogP contribution in [0.1, 0.15) is 39.5 Å². The van der Waals surface area contributed by atoms with Crippen molar-refractivity contribution in [3.63, 3.8) is 0 Å². The molecule has 0 saturated heterocycles. The molecule has 2 aromatic carbocycles. The Morgan fingerprint density at radius 3 is 2.46 bits per heavy atom. The van der Waals surface area contributed by atoms with Crippen LogP contribution in [0.25, 0.3) is 21.8 Å². The van der Waals surface area contributed by atoms with E-state index < -0.39 is 0 Å². The van der Waals surface area contributed by atoms with Crippen LogP contribution in [0.4, 0.5) is 5.69 Å². The summed E-state index contributed by atoms with van der Waals surface area (Å²) in [6.07, 6.45) is 3.89. The van der Waals surface area contributed by atoms with Crippen LogP contribution < -0.4 is 5.32 Å². The Bertz CT molecular complexity index is 914. The highest BCUT2D eigenvalue weighted by Gasteiger charge is 2.17. The van der Waals surface area contributed by atoms with Crippen molar-refractivity contribution in [3.8, 4) is 21.8 Å². The first-order valence-corrected chi connectivity index (χ1v) is 11.0. The lowest BCUT2D eigenvalue weighted by Crippen LogP contribution is -2.22. The summed E-state index contributed by atoms with van der Waals surface area (Å²) in [4.78, 5) is 17.4. The topological polar surface area (TPSA) is 42.0 Å². The van der Waals surface area contributed by atoms with E-state index in [4.69, 9.17) is 16.6 Å². The van der Waals surface area contributed by atoms with Crippen molar-refractivity contribution >= 4 is 34.5 Å². The monoisotopic (exact) mass is 412 g/mol. The molecule has 0 atom stereocenters. The van der Waals surface area contributed by atoms with Crippen molar-refractivity contribution in [1.82, 2.24) is 4.98 Å². The fourth-order valence-electron chi connectivity index (χ4n) is 3.24. The highest BCUT2D eigenvalue weighted by molar-refractivity contribution is 7.13. The van der Waals surface area contributed by atoms with Gasteiger partial charge < -0.3 is 5.32 Å². The molecule has 0 bridgehead atoms. The lowest BCUT2D eigenvalue weighted by Gasteiger charge is -2.15. The van der Waals surface area contributed by atoms with Crippen molar-refractivity contribution in [2.75, 3.05) is 5.32 Å². The SMILES string of the molecule is CCCC(CCC)C(=O)Nc1cccc(-c2csc(-c3ccc(Cl)cc3)n2)c1. The average molecular weight is 413 g/mol. The fraction of sp³-hybridized carbons (Fsp3) is 0.304. The Morgan fingerprint density at radius 2 is 1.79 bits per heavy atom. The molecule has 5 heteroatoms. The summed E-state index contributed by atoms with van der Waals surface area (Å²) in [7, 11) is 0. The van der Waals surface area contributed by atoms with E-state index in [9.17, 15) is 4.79 Å². The first kappa shape index (κ1) is 20.6. The minimum atomic E-state index is 0.0782. The molecule has 0 saturated carbocycles. The largest absolute Gasteiger partial charge is 0.326 e. The molecule has 146 valence electrons. The number of carbonyl (C=O) groups is 1. The van der Waals surface area contributed by atoms with E-state index in [1.807, 2.05) is 53.9 Å². The van der Waals surface area contributed by atoms with Crippen molar-refractivity contribution in [2.45, 2.75) is 39.5 Å². The zero-order valence-electron chi connectivity index (χ0n) is 16.2. The number of hydrogen-bond donors (Lipinski definition) is 1. The summed E-state index contributed by atoms with van der Waals surface area (Å²) in [6, 6.07) is 15.6. The Kier molecular flexibility index (Phi) is 7.24. The number of halogens is 1. The molecule has 1 amide bonds. The molecular weight excluding hydrogens is 388 g/mol. The van der Waals surface area contributed by atoms with E-state index in [-0.39, 0.29) is 11.8 Å². The van der Waals surface area contributed by atoms with E-state index in [1.165, 1.54) is 0 Å². The summed E-state index contributed by atoms with van der Waals surface area (Å²) in [6.45, 7) is 4.24. The zero-order chi connectivity index (χ0) is 19.9. The maximum atomic E-state index is 12.6. The summed E-state index contributed by atoms with van der Waals surface area (Å²) < 4.78 is 0. The van der Waals surface area contributed by atoms with E-state index >= 15 is 0 Å². The standard InChI is InChI=1S/C23H25ClN2OS/c1-3-6-16(7-4-2)22(27)25-20-9-5-8-18(14-20)21-15-28-23(26-21)17-10-12-19(24)13-11-17/h5,8-16H,3-4,6-7H2,1-2H3,(H,25,27). The molecule has 0 unspecified atom stereocenters. The molecule has 1 aromatic heterocycles. The lowest BCUT2D eigenvalue weighted by molar-refractivity contribution is -0.120. The van der Waals surface area contributed by atoms with E-state index in [2.05, 4.69) is 19.2 Å². The van der Waals surface area contributed by atoms with E-state index in [1.54, 1.807) is 11.3 Å². The maximum absolute atomic E-state index is 12.6. The van der Waals surface area contributed by atoms with Crippen molar-refractivity contribution < 1.29 is 4.79 Å². The molecule has 0 aliphatic carbocycles. The normalized spacial score (nSPS) is 11.0. The Morgan fingerprint density at radius 1 is 1.07 bits per heavy atom. The smallest absolute Gasteiger partial charge is 0.227 e. The number of nitrogens with one attached hydrogen (secondary N) is 1.